The monoisotopic (exact) mass is 1070 g/mol. The smallest absolute Gasteiger partial charge is 0.329 e. The van der Waals surface area contributed by atoms with Gasteiger partial charge in [-0.25, -0.2) is 9.78 Å². The number of benzene rings is 3. The lowest BCUT2D eigenvalue weighted by molar-refractivity contribution is -0.156. The second kappa shape index (κ2) is 29.8. The van der Waals surface area contributed by atoms with E-state index in [1.807, 2.05) is 0 Å². The molecule has 0 bridgehead atoms. The second-order valence-corrected chi connectivity index (χ2v) is 19.4. The van der Waals surface area contributed by atoms with E-state index >= 15 is 0 Å². The van der Waals surface area contributed by atoms with E-state index in [1.165, 1.54) is 48.9 Å². The molecule has 3 aromatic carbocycles. The Morgan fingerprint density at radius 3 is 1.63 bits per heavy atom. The SMILES string of the molecule is CC(C)C[C@H](NC(=O)[C@H](Cc1ccccc1)NC(=O)[C@@H](NC(=O)[C@H](Cc1cnc[nH]1)NC(=O)[C@H](CCC(N)=O)NC(=O)[C@@H](N)Cc1ccc(O)cc1)C(C)C)C(=O)N[C@@H](Cc1ccc(O)cc1)C(=O)OC(CS)C(N)=O. The average molecular weight is 1070 g/mol. The molecule has 0 saturated heterocycles. The van der Waals surface area contributed by atoms with Crippen LogP contribution in [0.15, 0.2) is 91.4 Å². The molecule has 1 unspecified atom stereocenters. The van der Waals surface area contributed by atoms with Crippen molar-refractivity contribution in [2.75, 3.05) is 5.75 Å². The molecule has 0 radical (unpaired) electrons. The van der Waals surface area contributed by atoms with Gasteiger partial charge in [-0.1, -0.05) is 82.3 Å². The number of phenolic OH excluding ortho intramolecular Hbond substituents is 2. The highest BCUT2D eigenvalue weighted by molar-refractivity contribution is 7.80. The predicted octanol–water partition coefficient (Wildman–Crippen LogP) is -0.378. The summed E-state index contributed by atoms with van der Waals surface area (Å²) in [4.78, 5) is 129. The molecule has 1 aromatic heterocycles. The van der Waals surface area contributed by atoms with Crippen molar-refractivity contribution in [3.8, 4) is 11.5 Å². The van der Waals surface area contributed by atoms with Crippen LogP contribution in [0.1, 0.15) is 69.3 Å². The Morgan fingerprint density at radius 1 is 0.605 bits per heavy atom. The Bertz CT molecular complexity index is 2590. The number of H-pyrrole nitrogens is 1. The van der Waals surface area contributed by atoms with Crippen LogP contribution in [0.5, 0.6) is 11.5 Å². The standard InChI is InChI=1S/C52H69N11O12S/c1-28(2)20-38(48(70)62-41(23-32-12-16-35(65)17-13-32)52(74)75-42(26-76)45(55)67)59-49(71)39(22-30-8-6-5-7-9-30)61-51(73)44(29(3)4)63-50(72)40(24-33-25-56-27-57-33)60-47(69)37(18-19-43(54)66)58-46(68)36(53)21-31-10-14-34(64)15-11-31/h5-17,25,27-29,36-42,44,64-65,76H,18-24,26,53H2,1-4H3,(H2,54,66)(H2,55,67)(H,56,57)(H,58,68)(H,59,71)(H,60,69)(H,61,73)(H,62,70)(H,63,72)/t36-,37-,38-,39-,40-,41-,42?,44-/m0/s1. The van der Waals surface area contributed by atoms with Crippen LogP contribution in [-0.2, 0) is 73.6 Å². The molecule has 0 saturated carbocycles. The summed E-state index contributed by atoms with van der Waals surface area (Å²) in [6.07, 6.45) is 0.402. The van der Waals surface area contributed by atoms with E-state index in [1.54, 1.807) is 70.2 Å². The fourth-order valence-corrected chi connectivity index (χ4v) is 7.99. The normalized spacial score (nSPS) is 14.3. The molecule has 1 heterocycles. The fraction of sp³-hybridized carbons (Fsp3) is 0.423. The molecule has 0 spiro atoms. The van der Waals surface area contributed by atoms with Crippen molar-refractivity contribution in [2.45, 2.75) is 121 Å². The maximum Gasteiger partial charge on any atom is 0.329 e. The summed E-state index contributed by atoms with van der Waals surface area (Å²) in [5.41, 5.74) is 19.1. The van der Waals surface area contributed by atoms with Crippen LogP contribution in [0, 0.1) is 11.8 Å². The number of imidazole rings is 1. The van der Waals surface area contributed by atoms with Gasteiger partial charge in [-0.05, 0) is 72.1 Å². The number of aromatic amines is 1. The van der Waals surface area contributed by atoms with Gasteiger partial charge >= 0.3 is 5.97 Å². The average Bonchev–Trinajstić information content (AvgIpc) is 3.89. The minimum Gasteiger partial charge on any atom is -0.508 e. The second-order valence-electron chi connectivity index (χ2n) is 19.0. The van der Waals surface area contributed by atoms with Gasteiger partial charge in [0.15, 0.2) is 6.10 Å². The number of aromatic nitrogens is 2. The lowest BCUT2D eigenvalue weighted by atomic mass is 9.98. The van der Waals surface area contributed by atoms with Gasteiger partial charge in [0.05, 0.1) is 12.4 Å². The first kappa shape index (κ1) is 60.6. The van der Waals surface area contributed by atoms with Gasteiger partial charge in [-0.15, -0.1) is 0 Å². The highest BCUT2D eigenvalue weighted by Crippen LogP contribution is 2.16. The minimum absolute atomic E-state index is 0.00950. The summed E-state index contributed by atoms with van der Waals surface area (Å²) in [7, 11) is 0. The van der Waals surface area contributed by atoms with Crippen molar-refractivity contribution in [1.82, 2.24) is 41.9 Å². The number of primary amides is 2. The van der Waals surface area contributed by atoms with E-state index in [0.29, 0.717) is 22.4 Å². The van der Waals surface area contributed by atoms with Gasteiger partial charge in [0.1, 0.15) is 47.8 Å². The van der Waals surface area contributed by atoms with Crippen LogP contribution in [-0.4, -0.2) is 128 Å². The molecule has 8 atom stereocenters. The summed E-state index contributed by atoms with van der Waals surface area (Å²) in [6.45, 7) is 6.88. The molecule has 24 heteroatoms. The van der Waals surface area contributed by atoms with Crippen molar-refractivity contribution in [3.63, 3.8) is 0 Å². The summed E-state index contributed by atoms with van der Waals surface area (Å²) in [5.74, 6) is -8.78. The predicted molar refractivity (Wildman–Crippen MR) is 281 cm³/mol. The van der Waals surface area contributed by atoms with Crippen molar-refractivity contribution in [1.29, 1.82) is 0 Å². The van der Waals surface area contributed by atoms with E-state index in [2.05, 4.69) is 54.5 Å². The van der Waals surface area contributed by atoms with Crippen LogP contribution in [0.3, 0.4) is 0 Å². The quantitative estimate of drug-likeness (QED) is 0.0234. The Morgan fingerprint density at radius 2 is 1.09 bits per heavy atom. The fourth-order valence-electron chi connectivity index (χ4n) is 7.74. The van der Waals surface area contributed by atoms with Crippen LogP contribution in [0.2, 0.25) is 0 Å². The van der Waals surface area contributed by atoms with Crippen LogP contribution in [0.25, 0.3) is 0 Å². The van der Waals surface area contributed by atoms with Crippen molar-refractivity contribution >= 4 is 65.9 Å². The zero-order valence-electron chi connectivity index (χ0n) is 42.7. The number of thiol groups is 1. The van der Waals surface area contributed by atoms with E-state index in [4.69, 9.17) is 21.9 Å². The first-order valence-corrected chi connectivity index (χ1v) is 25.2. The first-order chi connectivity index (χ1) is 36.0. The van der Waals surface area contributed by atoms with Crippen molar-refractivity contribution < 1.29 is 58.1 Å². The highest BCUT2D eigenvalue weighted by Gasteiger charge is 2.36. The maximum atomic E-state index is 14.5. The number of hydrogen-bond acceptors (Lipinski definition) is 15. The number of esters is 1. The summed E-state index contributed by atoms with van der Waals surface area (Å²) < 4.78 is 5.32. The molecule has 4 aromatic rings. The third-order valence-corrected chi connectivity index (χ3v) is 12.2. The minimum atomic E-state index is -1.43. The summed E-state index contributed by atoms with van der Waals surface area (Å²) in [5, 5.41) is 35.5. The Labute approximate surface area is 445 Å². The molecule has 0 aliphatic heterocycles. The van der Waals surface area contributed by atoms with E-state index in [-0.39, 0.29) is 68.1 Å². The number of amides is 8. The lowest BCUT2D eigenvalue weighted by Crippen LogP contribution is -2.61. The van der Waals surface area contributed by atoms with Crippen LogP contribution in [0.4, 0.5) is 0 Å². The lowest BCUT2D eigenvalue weighted by Gasteiger charge is -2.29. The van der Waals surface area contributed by atoms with Gasteiger partial charge in [-0.3, -0.25) is 38.4 Å². The molecule has 0 fully saturated rings. The van der Waals surface area contributed by atoms with E-state index in [0.717, 1.165) is 0 Å². The number of carbonyl (C=O) groups is 9. The van der Waals surface area contributed by atoms with Gasteiger partial charge in [-0.2, -0.15) is 12.6 Å². The number of nitrogens with two attached hydrogens (primary N) is 3. The summed E-state index contributed by atoms with van der Waals surface area (Å²) in [6, 6.07) is 11.0. The number of ether oxygens (including phenoxy) is 1. The van der Waals surface area contributed by atoms with E-state index < -0.39 is 108 Å². The van der Waals surface area contributed by atoms with Gasteiger partial charge < -0.3 is 69.0 Å². The molecule has 410 valence electrons. The molecule has 15 N–H and O–H groups in total. The third kappa shape index (κ3) is 20.0. The molecule has 4 rings (SSSR count). The number of nitrogens with one attached hydrogen (secondary N) is 7. The number of phenols is 2. The van der Waals surface area contributed by atoms with Crippen molar-refractivity contribution in [2.24, 2.45) is 29.0 Å². The molecular weight excluding hydrogens is 1000 g/mol. The van der Waals surface area contributed by atoms with Crippen molar-refractivity contribution in [3.05, 3.63) is 114 Å². The molecule has 23 nitrogen and oxygen atoms in total. The number of hydrogen-bond donors (Lipinski definition) is 13. The molecule has 76 heavy (non-hydrogen) atoms. The number of carbonyl (C=O) groups excluding carboxylic acids is 9. The number of rotatable bonds is 30. The Balaban J connectivity index is 1.58. The van der Waals surface area contributed by atoms with Crippen LogP contribution >= 0.6 is 12.6 Å². The Kier molecular flexibility index (Phi) is 23.7. The zero-order chi connectivity index (χ0) is 56.1. The van der Waals surface area contributed by atoms with Gasteiger partial charge in [0.2, 0.25) is 41.4 Å². The largest absolute Gasteiger partial charge is 0.508 e. The highest BCUT2D eigenvalue weighted by atomic mass is 32.1. The van der Waals surface area contributed by atoms with Crippen LogP contribution < -0.4 is 49.1 Å². The molecule has 0 aliphatic rings. The van der Waals surface area contributed by atoms with Gasteiger partial charge in [0.25, 0.3) is 5.91 Å². The topological polar surface area (TPSA) is 382 Å². The molecule has 8 amide bonds. The first-order valence-electron chi connectivity index (χ1n) is 24.6. The number of aromatic hydroxyl groups is 2. The van der Waals surface area contributed by atoms with E-state index in [9.17, 15) is 53.4 Å². The maximum absolute atomic E-state index is 14.5. The molecule has 0 aliphatic carbocycles. The number of nitrogens with zero attached hydrogens (tertiary/aromatic N) is 1. The Hall–Kier alpha value is -7.99. The third-order valence-electron chi connectivity index (χ3n) is 11.9. The zero-order valence-corrected chi connectivity index (χ0v) is 43.6. The summed E-state index contributed by atoms with van der Waals surface area (Å²) >= 11 is 4.05. The molecular formula is C52H69N11O12S. The van der Waals surface area contributed by atoms with Gasteiger partial charge in [0, 0.05) is 43.3 Å².